The van der Waals surface area contributed by atoms with E-state index in [1.165, 1.54) is 12.1 Å². The number of aromatic nitrogens is 4. The molecule has 1 aliphatic carbocycles. The fourth-order valence-electron chi connectivity index (χ4n) is 5.11. The van der Waals surface area contributed by atoms with Crippen LogP contribution in [0.3, 0.4) is 0 Å². The van der Waals surface area contributed by atoms with Crippen LogP contribution in [0.4, 0.5) is 10.2 Å². The van der Waals surface area contributed by atoms with Crippen LogP contribution in [0.5, 0.6) is 5.75 Å². The number of hydrogen-bond acceptors (Lipinski definition) is 8. The maximum Gasteiger partial charge on any atom is 0.339 e. The number of nitrogens with zero attached hydrogens (tertiary/aromatic N) is 4. The van der Waals surface area contributed by atoms with Crippen molar-refractivity contribution in [2.24, 2.45) is 0 Å². The standard InChI is InChI=1S/C22H18FN5O4/c23-11-4-5-15-14(10-11)25-20(18-19(24)27-32-26-18)28(15)12-6-8-22(9-7-12)17-13(21(30)31-22)2-1-3-16(17)29/h1-5,10,12,29H,6-9H2,(H2,24,27). The number of imidazole rings is 1. The summed E-state index contributed by atoms with van der Waals surface area (Å²) in [6.45, 7) is 0. The fourth-order valence-corrected chi connectivity index (χ4v) is 5.11. The highest BCUT2D eigenvalue weighted by atomic mass is 19.1. The third-order valence-electron chi connectivity index (χ3n) is 6.51. The third kappa shape index (κ3) is 2.55. The molecule has 0 radical (unpaired) electrons. The number of ether oxygens (including phenoxy) is 1. The van der Waals surface area contributed by atoms with Gasteiger partial charge in [0.25, 0.3) is 0 Å². The Morgan fingerprint density at radius 2 is 2.00 bits per heavy atom. The molecular formula is C22H18FN5O4. The molecule has 4 aromatic rings. The Morgan fingerprint density at radius 1 is 1.19 bits per heavy atom. The van der Waals surface area contributed by atoms with Gasteiger partial charge in [0.05, 0.1) is 22.2 Å². The van der Waals surface area contributed by atoms with Crippen molar-refractivity contribution in [2.75, 3.05) is 5.73 Å². The lowest BCUT2D eigenvalue weighted by Crippen LogP contribution is -2.33. The van der Waals surface area contributed by atoms with Gasteiger partial charge in [0.2, 0.25) is 0 Å². The van der Waals surface area contributed by atoms with Crippen molar-refractivity contribution in [1.29, 1.82) is 0 Å². The number of aromatic hydroxyl groups is 1. The summed E-state index contributed by atoms with van der Waals surface area (Å²) in [7, 11) is 0. The van der Waals surface area contributed by atoms with Gasteiger partial charge in [0.15, 0.2) is 17.3 Å². The normalized spacial score (nSPS) is 22.4. The molecule has 0 bridgehead atoms. The van der Waals surface area contributed by atoms with Gasteiger partial charge in [-0.3, -0.25) is 0 Å². The fraction of sp³-hybridized carbons (Fsp3) is 0.273. The van der Waals surface area contributed by atoms with Crippen LogP contribution in [-0.2, 0) is 10.3 Å². The molecule has 9 nitrogen and oxygen atoms in total. The second-order valence-electron chi connectivity index (χ2n) is 8.25. The number of halogens is 1. The van der Waals surface area contributed by atoms with Gasteiger partial charge in [0, 0.05) is 12.1 Å². The molecule has 2 aromatic carbocycles. The van der Waals surface area contributed by atoms with E-state index in [9.17, 15) is 14.3 Å². The van der Waals surface area contributed by atoms with Gasteiger partial charge in [-0.25, -0.2) is 18.8 Å². The predicted molar refractivity (Wildman–Crippen MR) is 110 cm³/mol. The molecule has 3 N–H and O–H groups in total. The van der Waals surface area contributed by atoms with Gasteiger partial charge in [-0.15, -0.1) is 0 Å². The molecule has 0 saturated heterocycles. The second kappa shape index (κ2) is 6.52. The lowest BCUT2D eigenvalue weighted by molar-refractivity contribution is -0.0352. The average molecular weight is 435 g/mol. The average Bonchev–Trinajstić information content (AvgIpc) is 3.43. The molecule has 162 valence electrons. The van der Waals surface area contributed by atoms with Gasteiger partial charge in [-0.2, -0.15) is 0 Å². The van der Waals surface area contributed by atoms with Crippen LogP contribution in [0.25, 0.3) is 22.6 Å². The van der Waals surface area contributed by atoms with Crippen molar-refractivity contribution >= 4 is 22.8 Å². The predicted octanol–water partition coefficient (Wildman–Crippen LogP) is 3.69. The number of nitrogens with two attached hydrogens (primary N) is 1. The Kier molecular flexibility index (Phi) is 3.83. The molecule has 0 atom stereocenters. The molecule has 0 amide bonds. The maximum atomic E-state index is 13.9. The highest BCUT2D eigenvalue weighted by molar-refractivity contribution is 5.95. The van der Waals surface area contributed by atoms with Crippen molar-refractivity contribution in [1.82, 2.24) is 19.9 Å². The molecule has 32 heavy (non-hydrogen) atoms. The minimum Gasteiger partial charge on any atom is -0.507 e. The molecule has 3 heterocycles. The topological polar surface area (TPSA) is 129 Å². The summed E-state index contributed by atoms with van der Waals surface area (Å²) >= 11 is 0. The van der Waals surface area contributed by atoms with Crippen LogP contribution in [0.15, 0.2) is 41.0 Å². The maximum absolute atomic E-state index is 13.9. The quantitative estimate of drug-likeness (QED) is 0.456. The van der Waals surface area contributed by atoms with Crippen LogP contribution in [0.1, 0.15) is 47.6 Å². The smallest absolute Gasteiger partial charge is 0.339 e. The Morgan fingerprint density at radius 3 is 2.75 bits per heavy atom. The lowest BCUT2D eigenvalue weighted by Gasteiger charge is -2.37. The number of anilines is 1. The van der Waals surface area contributed by atoms with E-state index in [-0.39, 0.29) is 23.3 Å². The van der Waals surface area contributed by atoms with E-state index in [0.717, 1.165) is 5.52 Å². The van der Waals surface area contributed by atoms with Crippen LogP contribution < -0.4 is 5.73 Å². The number of hydrogen-bond donors (Lipinski definition) is 2. The van der Waals surface area contributed by atoms with Gasteiger partial charge in [0.1, 0.15) is 17.2 Å². The van der Waals surface area contributed by atoms with Crippen molar-refractivity contribution in [2.45, 2.75) is 37.3 Å². The van der Waals surface area contributed by atoms with E-state index in [0.29, 0.717) is 48.2 Å². The number of nitrogen functional groups attached to an aromatic ring is 1. The highest BCUT2D eigenvalue weighted by Gasteiger charge is 2.49. The van der Waals surface area contributed by atoms with Crippen LogP contribution in [0.2, 0.25) is 0 Å². The monoisotopic (exact) mass is 435 g/mol. The van der Waals surface area contributed by atoms with Crippen LogP contribution >= 0.6 is 0 Å². The number of phenols is 1. The Balaban J connectivity index is 1.41. The summed E-state index contributed by atoms with van der Waals surface area (Å²) in [5, 5.41) is 18.0. The van der Waals surface area contributed by atoms with E-state index in [2.05, 4.69) is 15.3 Å². The van der Waals surface area contributed by atoms with E-state index in [4.69, 9.17) is 15.1 Å². The summed E-state index contributed by atoms with van der Waals surface area (Å²) in [6.07, 6.45) is 2.28. The zero-order chi connectivity index (χ0) is 22.0. The van der Waals surface area contributed by atoms with Crippen molar-refractivity contribution in [3.05, 3.63) is 53.3 Å². The number of rotatable bonds is 2. The number of benzene rings is 2. The van der Waals surface area contributed by atoms with Gasteiger partial charge in [-0.1, -0.05) is 6.07 Å². The molecule has 6 rings (SSSR count). The van der Waals surface area contributed by atoms with Gasteiger partial charge < -0.3 is 20.1 Å². The Bertz CT molecular complexity index is 1390. The van der Waals surface area contributed by atoms with Gasteiger partial charge >= 0.3 is 5.97 Å². The number of fused-ring (bicyclic) bond motifs is 3. The number of esters is 1. The SMILES string of the molecule is Nc1nonc1-c1nc2cc(F)ccc2n1C1CCC2(CC1)OC(=O)c1cccc(O)c12. The van der Waals surface area contributed by atoms with E-state index >= 15 is 0 Å². The minimum atomic E-state index is -0.856. The van der Waals surface area contributed by atoms with Crippen molar-refractivity contribution < 1.29 is 23.7 Å². The summed E-state index contributed by atoms with van der Waals surface area (Å²) in [5.41, 5.74) is 7.53. The first-order valence-electron chi connectivity index (χ1n) is 10.3. The molecule has 1 saturated carbocycles. The number of carbonyl (C=O) groups excluding carboxylic acids is 1. The summed E-state index contributed by atoms with van der Waals surface area (Å²) in [4.78, 5) is 17.0. The van der Waals surface area contributed by atoms with Crippen molar-refractivity contribution in [3.8, 4) is 17.3 Å². The zero-order valence-corrected chi connectivity index (χ0v) is 16.8. The molecule has 2 aliphatic rings. The van der Waals surface area contributed by atoms with Crippen LogP contribution in [-0.4, -0.2) is 30.9 Å². The second-order valence-corrected chi connectivity index (χ2v) is 8.25. The van der Waals surface area contributed by atoms with E-state index < -0.39 is 17.4 Å². The summed E-state index contributed by atoms with van der Waals surface area (Å²) in [5.74, 6) is -0.208. The summed E-state index contributed by atoms with van der Waals surface area (Å²) in [6, 6.07) is 9.25. The molecule has 1 fully saturated rings. The molecule has 1 spiro atoms. The number of carbonyl (C=O) groups is 1. The first kappa shape index (κ1) is 18.8. The molecule has 2 aromatic heterocycles. The molecule has 10 heteroatoms. The summed E-state index contributed by atoms with van der Waals surface area (Å²) < 4.78 is 26.4. The first-order valence-corrected chi connectivity index (χ1v) is 10.3. The molecular weight excluding hydrogens is 417 g/mol. The first-order chi connectivity index (χ1) is 15.5. The van der Waals surface area contributed by atoms with E-state index in [1.807, 2.05) is 4.57 Å². The minimum absolute atomic E-state index is 0.0456. The lowest BCUT2D eigenvalue weighted by atomic mass is 9.77. The third-order valence-corrected chi connectivity index (χ3v) is 6.51. The van der Waals surface area contributed by atoms with Crippen molar-refractivity contribution in [3.63, 3.8) is 0 Å². The molecule has 1 aliphatic heterocycles. The largest absolute Gasteiger partial charge is 0.507 e. The van der Waals surface area contributed by atoms with Gasteiger partial charge in [-0.05, 0) is 60.3 Å². The van der Waals surface area contributed by atoms with Crippen LogP contribution in [0, 0.1) is 5.82 Å². The highest BCUT2D eigenvalue weighted by Crippen LogP contribution is 2.52. The van der Waals surface area contributed by atoms with E-state index in [1.54, 1.807) is 24.3 Å². The Hall–Kier alpha value is -3.95. The Labute approximate surface area is 180 Å². The number of phenolic OH excluding ortho intramolecular Hbond substituents is 1. The molecule has 0 unspecified atom stereocenters. The zero-order valence-electron chi connectivity index (χ0n) is 16.8.